The monoisotopic (exact) mass is 349 g/mol. The van der Waals surface area contributed by atoms with Crippen molar-refractivity contribution in [1.82, 2.24) is 14.8 Å². The fourth-order valence-electron chi connectivity index (χ4n) is 4.56. The van der Waals surface area contributed by atoms with Gasteiger partial charge in [0.25, 0.3) is 0 Å². The van der Waals surface area contributed by atoms with Crippen molar-refractivity contribution in [3.8, 4) is 0 Å². The molecule has 136 valence electrons. The molecule has 4 heteroatoms. The molecule has 0 unspecified atom stereocenters. The van der Waals surface area contributed by atoms with Crippen LogP contribution in [0.25, 0.3) is 0 Å². The zero-order valence-electron chi connectivity index (χ0n) is 15.5. The van der Waals surface area contributed by atoms with Crippen molar-refractivity contribution in [2.45, 2.75) is 39.3 Å². The summed E-state index contributed by atoms with van der Waals surface area (Å²) in [5.41, 5.74) is 3.54. The summed E-state index contributed by atoms with van der Waals surface area (Å²) in [4.78, 5) is 22.0. The van der Waals surface area contributed by atoms with E-state index in [1.54, 1.807) is 0 Å². The molecule has 4 rings (SSSR count). The minimum atomic E-state index is -0.176. The van der Waals surface area contributed by atoms with Gasteiger partial charge >= 0.3 is 0 Å². The Morgan fingerprint density at radius 1 is 1.08 bits per heavy atom. The number of nitrogens with zero attached hydrogens (tertiary/aromatic N) is 3. The number of carbonyl (C=O) groups is 1. The van der Waals surface area contributed by atoms with Gasteiger partial charge in [-0.25, -0.2) is 0 Å². The average Bonchev–Trinajstić information content (AvgIpc) is 3.04. The molecule has 2 fully saturated rings. The van der Waals surface area contributed by atoms with Crippen LogP contribution in [0.3, 0.4) is 0 Å². The highest BCUT2D eigenvalue weighted by Crippen LogP contribution is 2.40. The van der Waals surface area contributed by atoms with Crippen molar-refractivity contribution in [2.75, 3.05) is 19.6 Å². The average molecular weight is 349 g/mol. The number of hydrogen-bond donors (Lipinski definition) is 0. The predicted octanol–water partition coefficient (Wildman–Crippen LogP) is 3.40. The Labute approximate surface area is 155 Å². The van der Waals surface area contributed by atoms with Crippen molar-refractivity contribution in [2.24, 2.45) is 5.41 Å². The highest BCUT2D eigenvalue weighted by Gasteiger charge is 2.48. The Hall–Kier alpha value is -2.20. The second kappa shape index (κ2) is 7.20. The number of aryl methyl sites for hydroxylation is 1. The molecule has 1 spiro atoms. The molecule has 1 aromatic carbocycles. The number of pyridine rings is 1. The summed E-state index contributed by atoms with van der Waals surface area (Å²) >= 11 is 0. The van der Waals surface area contributed by atoms with Crippen molar-refractivity contribution in [3.05, 3.63) is 65.5 Å². The van der Waals surface area contributed by atoms with Gasteiger partial charge in [-0.2, -0.15) is 0 Å². The number of aromatic nitrogens is 1. The molecule has 2 aliphatic rings. The zero-order valence-corrected chi connectivity index (χ0v) is 15.5. The summed E-state index contributed by atoms with van der Waals surface area (Å²) in [6.07, 6.45) is 6.86. The van der Waals surface area contributed by atoms with Crippen molar-refractivity contribution in [3.63, 3.8) is 0 Å². The van der Waals surface area contributed by atoms with E-state index in [4.69, 9.17) is 0 Å². The van der Waals surface area contributed by atoms with Crippen LogP contribution < -0.4 is 0 Å². The first-order chi connectivity index (χ1) is 12.6. The molecule has 1 amide bonds. The molecule has 0 bridgehead atoms. The number of benzene rings is 1. The first-order valence-corrected chi connectivity index (χ1v) is 9.61. The molecule has 0 N–H and O–H groups in total. The predicted molar refractivity (Wildman–Crippen MR) is 102 cm³/mol. The van der Waals surface area contributed by atoms with Gasteiger partial charge in [0.2, 0.25) is 5.91 Å². The summed E-state index contributed by atoms with van der Waals surface area (Å²) in [7, 11) is 0. The smallest absolute Gasteiger partial charge is 0.230 e. The van der Waals surface area contributed by atoms with Gasteiger partial charge in [-0.05, 0) is 49.9 Å². The third kappa shape index (κ3) is 3.51. The number of amides is 1. The van der Waals surface area contributed by atoms with Crippen molar-refractivity contribution < 1.29 is 4.79 Å². The SMILES string of the molecule is Cc1cccc(CN2CCC[C@@]3(CCN(Cc4cccnc4)C3)C2=O)c1. The number of likely N-dealkylation sites (tertiary alicyclic amines) is 2. The molecule has 1 atom stereocenters. The Morgan fingerprint density at radius 2 is 1.96 bits per heavy atom. The third-order valence-corrected chi connectivity index (χ3v) is 5.84. The van der Waals surface area contributed by atoms with E-state index in [-0.39, 0.29) is 5.41 Å². The van der Waals surface area contributed by atoms with E-state index in [9.17, 15) is 4.79 Å². The summed E-state index contributed by atoms with van der Waals surface area (Å²) in [5.74, 6) is 0.360. The third-order valence-electron chi connectivity index (χ3n) is 5.84. The topological polar surface area (TPSA) is 36.4 Å². The van der Waals surface area contributed by atoms with Crippen LogP contribution in [0.1, 0.15) is 36.0 Å². The first kappa shape index (κ1) is 17.2. The molecule has 0 radical (unpaired) electrons. The Balaban J connectivity index is 1.44. The molecule has 2 aliphatic heterocycles. The molecule has 2 saturated heterocycles. The largest absolute Gasteiger partial charge is 0.338 e. The molecule has 2 aromatic rings. The normalized spacial score (nSPS) is 23.7. The summed E-state index contributed by atoms with van der Waals surface area (Å²) in [6, 6.07) is 12.6. The fourth-order valence-corrected chi connectivity index (χ4v) is 4.56. The lowest BCUT2D eigenvalue weighted by molar-refractivity contribution is -0.146. The van der Waals surface area contributed by atoms with Crippen LogP contribution in [-0.4, -0.2) is 40.3 Å². The molecule has 4 nitrogen and oxygen atoms in total. The van der Waals surface area contributed by atoms with Gasteiger partial charge in [-0.3, -0.25) is 14.7 Å². The minimum Gasteiger partial charge on any atom is -0.338 e. The van der Waals surface area contributed by atoms with E-state index >= 15 is 0 Å². The maximum absolute atomic E-state index is 13.3. The maximum Gasteiger partial charge on any atom is 0.230 e. The highest BCUT2D eigenvalue weighted by molar-refractivity contribution is 5.84. The van der Waals surface area contributed by atoms with Gasteiger partial charge in [0.05, 0.1) is 5.41 Å². The lowest BCUT2D eigenvalue weighted by Crippen LogP contribution is -2.49. The van der Waals surface area contributed by atoms with Gasteiger partial charge in [0.15, 0.2) is 0 Å². The molecular weight excluding hydrogens is 322 g/mol. The van der Waals surface area contributed by atoms with Crippen molar-refractivity contribution >= 4 is 5.91 Å². The maximum atomic E-state index is 13.3. The molecule has 0 saturated carbocycles. The van der Waals surface area contributed by atoms with Crippen LogP contribution in [0, 0.1) is 12.3 Å². The molecule has 3 heterocycles. The van der Waals surface area contributed by atoms with Gasteiger partial charge < -0.3 is 4.90 Å². The van der Waals surface area contributed by atoms with Crippen LogP contribution in [0.15, 0.2) is 48.8 Å². The minimum absolute atomic E-state index is 0.176. The lowest BCUT2D eigenvalue weighted by Gasteiger charge is -2.39. The van der Waals surface area contributed by atoms with E-state index in [1.807, 2.05) is 18.5 Å². The van der Waals surface area contributed by atoms with Gasteiger partial charge in [0.1, 0.15) is 0 Å². The molecule has 0 aliphatic carbocycles. The quantitative estimate of drug-likeness (QED) is 0.849. The van der Waals surface area contributed by atoms with Crippen LogP contribution in [0.2, 0.25) is 0 Å². The van der Waals surface area contributed by atoms with Crippen LogP contribution in [-0.2, 0) is 17.9 Å². The standard InChI is InChI=1S/C22H27N3O/c1-18-5-2-6-19(13-18)16-25-11-4-8-22(21(25)26)9-12-24(17-22)15-20-7-3-10-23-14-20/h2-3,5-7,10,13-14H,4,8-9,11-12,15-17H2,1H3/t22-/m0/s1. The van der Waals surface area contributed by atoms with Gasteiger partial charge in [-0.1, -0.05) is 35.9 Å². The number of hydrogen-bond acceptors (Lipinski definition) is 3. The number of carbonyl (C=O) groups excluding carboxylic acids is 1. The van der Waals surface area contributed by atoms with E-state index < -0.39 is 0 Å². The Kier molecular flexibility index (Phi) is 4.77. The van der Waals surface area contributed by atoms with E-state index in [0.717, 1.165) is 52.0 Å². The van der Waals surface area contributed by atoms with Crippen LogP contribution in [0.4, 0.5) is 0 Å². The first-order valence-electron chi connectivity index (χ1n) is 9.61. The zero-order chi connectivity index (χ0) is 18.0. The second-order valence-corrected chi connectivity index (χ2v) is 7.92. The summed E-state index contributed by atoms with van der Waals surface area (Å²) in [5, 5.41) is 0. The van der Waals surface area contributed by atoms with Gasteiger partial charge in [-0.15, -0.1) is 0 Å². The number of rotatable bonds is 4. The Bertz CT molecular complexity index is 776. The van der Waals surface area contributed by atoms with E-state index in [0.29, 0.717) is 5.91 Å². The van der Waals surface area contributed by atoms with E-state index in [2.05, 4.69) is 52.0 Å². The van der Waals surface area contributed by atoms with Crippen LogP contribution in [0.5, 0.6) is 0 Å². The van der Waals surface area contributed by atoms with Gasteiger partial charge in [0, 0.05) is 38.6 Å². The molecule has 26 heavy (non-hydrogen) atoms. The second-order valence-electron chi connectivity index (χ2n) is 7.92. The highest BCUT2D eigenvalue weighted by atomic mass is 16.2. The van der Waals surface area contributed by atoms with Crippen LogP contribution >= 0.6 is 0 Å². The summed E-state index contributed by atoms with van der Waals surface area (Å²) < 4.78 is 0. The lowest BCUT2D eigenvalue weighted by atomic mass is 9.78. The summed E-state index contributed by atoms with van der Waals surface area (Å²) in [6.45, 7) is 6.50. The number of piperidine rings is 1. The Morgan fingerprint density at radius 3 is 2.77 bits per heavy atom. The van der Waals surface area contributed by atoms with Crippen molar-refractivity contribution in [1.29, 1.82) is 0 Å². The van der Waals surface area contributed by atoms with E-state index in [1.165, 1.54) is 16.7 Å². The fraction of sp³-hybridized carbons (Fsp3) is 0.455. The molecule has 1 aromatic heterocycles. The molecular formula is C22H27N3O.